The van der Waals surface area contributed by atoms with Crippen molar-refractivity contribution in [1.29, 1.82) is 0 Å². The van der Waals surface area contributed by atoms with Gasteiger partial charge in [0.15, 0.2) is 0 Å². The van der Waals surface area contributed by atoms with E-state index in [-0.39, 0.29) is 6.04 Å². The van der Waals surface area contributed by atoms with Crippen molar-refractivity contribution in [2.45, 2.75) is 25.4 Å². The summed E-state index contributed by atoms with van der Waals surface area (Å²) in [4.78, 5) is 2.35. The van der Waals surface area contributed by atoms with Crippen LogP contribution in [0.1, 0.15) is 30.3 Å². The lowest BCUT2D eigenvalue weighted by Crippen LogP contribution is -2.23. The zero-order valence-electron chi connectivity index (χ0n) is 14.9. The molecule has 0 amide bonds. The Morgan fingerprint density at radius 3 is 2.85 bits per heavy atom. The van der Waals surface area contributed by atoms with E-state index >= 15 is 0 Å². The molecule has 7 heteroatoms. The Kier molecular flexibility index (Phi) is 5.34. The third-order valence-corrected chi connectivity index (χ3v) is 5.38. The molecule has 5 nitrogen and oxygen atoms in total. The van der Waals surface area contributed by atoms with Gasteiger partial charge in [-0.2, -0.15) is 0 Å². The molecule has 140 valence electrons. The Morgan fingerprint density at radius 2 is 2.04 bits per heavy atom. The van der Waals surface area contributed by atoms with E-state index in [0.29, 0.717) is 33.9 Å². The van der Waals surface area contributed by atoms with Crippen molar-refractivity contribution in [1.82, 2.24) is 15.1 Å². The molecule has 2 heterocycles. The normalized spacial score (nSPS) is 17.4. The van der Waals surface area contributed by atoms with Crippen molar-refractivity contribution in [2.75, 3.05) is 13.7 Å². The molecule has 1 aliphatic heterocycles. The number of halogens is 2. The van der Waals surface area contributed by atoms with Crippen LogP contribution in [0.15, 0.2) is 46.9 Å². The molecule has 1 saturated heterocycles. The van der Waals surface area contributed by atoms with Crippen LogP contribution < -0.4 is 4.74 Å². The Bertz CT molecular complexity index is 944. The zero-order chi connectivity index (χ0) is 18.8. The first-order valence-electron chi connectivity index (χ1n) is 8.80. The van der Waals surface area contributed by atoms with Crippen LogP contribution in [0.5, 0.6) is 5.75 Å². The third-order valence-electron chi connectivity index (χ3n) is 4.83. The summed E-state index contributed by atoms with van der Waals surface area (Å²) in [6.07, 6.45) is 2.19. The van der Waals surface area contributed by atoms with E-state index in [9.17, 15) is 0 Å². The first kappa shape index (κ1) is 18.3. The summed E-state index contributed by atoms with van der Waals surface area (Å²) in [5.41, 5.74) is 1.88. The molecular weight excluding hydrogens is 385 g/mol. The van der Waals surface area contributed by atoms with E-state index in [2.05, 4.69) is 21.2 Å². The third kappa shape index (κ3) is 3.81. The van der Waals surface area contributed by atoms with E-state index in [0.717, 1.165) is 25.1 Å². The van der Waals surface area contributed by atoms with Gasteiger partial charge in [0.1, 0.15) is 5.75 Å². The molecule has 1 fully saturated rings. The molecule has 1 unspecified atom stereocenters. The number of ether oxygens (including phenoxy) is 1. The van der Waals surface area contributed by atoms with Crippen LogP contribution in [-0.4, -0.2) is 28.8 Å². The van der Waals surface area contributed by atoms with Crippen molar-refractivity contribution in [3.63, 3.8) is 0 Å². The minimum atomic E-state index is 0.274. The highest BCUT2D eigenvalue weighted by molar-refractivity contribution is 6.36. The van der Waals surface area contributed by atoms with Gasteiger partial charge in [0.2, 0.25) is 11.8 Å². The lowest BCUT2D eigenvalue weighted by molar-refractivity contribution is 0.220. The predicted molar refractivity (Wildman–Crippen MR) is 105 cm³/mol. The van der Waals surface area contributed by atoms with Crippen LogP contribution in [0.2, 0.25) is 10.0 Å². The van der Waals surface area contributed by atoms with Crippen molar-refractivity contribution in [3.8, 4) is 17.2 Å². The number of rotatable bonds is 5. The second kappa shape index (κ2) is 7.89. The fourth-order valence-electron chi connectivity index (χ4n) is 3.57. The van der Waals surface area contributed by atoms with E-state index < -0.39 is 0 Å². The van der Waals surface area contributed by atoms with Gasteiger partial charge >= 0.3 is 0 Å². The second-order valence-electron chi connectivity index (χ2n) is 6.50. The van der Waals surface area contributed by atoms with Crippen LogP contribution in [0, 0.1) is 0 Å². The van der Waals surface area contributed by atoms with Gasteiger partial charge in [0.25, 0.3) is 0 Å². The lowest BCUT2D eigenvalue weighted by atomic mass is 10.0. The van der Waals surface area contributed by atoms with Crippen LogP contribution in [-0.2, 0) is 6.54 Å². The zero-order valence-corrected chi connectivity index (χ0v) is 16.4. The van der Waals surface area contributed by atoms with Gasteiger partial charge in [0.05, 0.1) is 24.2 Å². The topological polar surface area (TPSA) is 51.4 Å². The average Bonchev–Trinajstić information content (AvgIpc) is 3.32. The Morgan fingerprint density at radius 1 is 1.19 bits per heavy atom. The van der Waals surface area contributed by atoms with Gasteiger partial charge < -0.3 is 9.15 Å². The van der Waals surface area contributed by atoms with Gasteiger partial charge in [-0.15, -0.1) is 10.2 Å². The van der Waals surface area contributed by atoms with Gasteiger partial charge in [-0.1, -0.05) is 41.4 Å². The fraction of sp³-hybridized carbons (Fsp3) is 0.300. The second-order valence-corrected chi connectivity index (χ2v) is 7.34. The van der Waals surface area contributed by atoms with Crippen LogP contribution in [0.25, 0.3) is 11.5 Å². The molecule has 2 aromatic carbocycles. The maximum Gasteiger partial charge on any atom is 0.249 e. The molecule has 1 aromatic heterocycles. The van der Waals surface area contributed by atoms with Crippen molar-refractivity contribution >= 4 is 23.2 Å². The van der Waals surface area contributed by atoms with E-state index in [4.69, 9.17) is 32.4 Å². The molecule has 0 aliphatic carbocycles. The van der Waals surface area contributed by atoms with Gasteiger partial charge in [0, 0.05) is 16.6 Å². The highest BCUT2D eigenvalue weighted by atomic mass is 35.5. The number of likely N-dealkylation sites (tertiary alicyclic amines) is 1. The molecule has 27 heavy (non-hydrogen) atoms. The quantitative estimate of drug-likeness (QED) is 0.571. The summed E-state index contributed by atoms with van der Waals surface area (Å²) in [6.45, 7) is 1.56. The highest BCUT2D eigenvalue weighted by Crippen LogP contribution is 2.38. The Balaban J connectivity index is 1.55. The molecular formula is C20H19Cl2N3O2. The summed E-state index contributed by atoms with van der Waals surface area (Å²) in [5, 5.41) is 9.43. The van der Waals surface area contributed by atoms with E-state index in [1.54, 1.807) is 25.3 Å². The number of aromatic nitrogens is 2. The SMILES string of the molecule is COc1ccccc1C1CCCN1Cc1nnc(-c2ccc(Cl)cc2Cl)o1. The summed E-state index contributed by atoms with van der Waals surface area (Å²) in [5.74, 6) is 1.88. The van der Waals surface area contributed by atoms with Gasteiger partial charge in [-0.25, -0.2) is 0 Å². The first-order valence-corrected chi connectivity index (χ1v) is 9.56. The first-order chi connectivity index (χ1) is 13.2. The number of hydrogen-bond donors (Lipinski definition) is 0. The van der Waals surface area contributed by atoms with Crippen LogP contribution in [0.4, 0.5) is 0 Å². The molecule has 0 saturated carbocycles. The molecule has 1 aliphatic rings. The van der Waals surface area contributed by atoms with Gasteiger partial charge in [-0.05, 0) is 43.7 Å². The van der Waals surface area contributed by atoms with Crippen LogP contribution in [0.3, 0.4) is 0 Å². The van der Waals surface area contributed by atoms with Crippen molar-refractivity contribution in [3.05, 3.63) is 64.0 Å². The monoisotopic (exact) mass is 403 g/mol. The van der Waals surface area contributed by atoms with Crippen molar-refractivity contribution in [2.24, 2.45) is 0 Å². The summed E-state index contributed by atoms with van der Waals surface area (Å²) in [6, 6.07) is 13.6. The number of nitrogens with zero attached hydrogens (tertiary/aromatic N) is 3. The summed E-state index contributed by atoms with van der Waals surface area (Å²) in [7, 11) is 1.71. The van der Waals surface area contributed by atoms with E-state index in [1.165, 1.54) is 5.56 Å². The summed E-state index contributed by atoms with van der Waals surface area (Å²) >= 11 is 12.2. The van der Waals surface area contributed by atoms with Gasteiger partial charge in [-0.3, -0.25) is 4.90 Å². The largest absolute Gasteiger partial charge is 0.496 e. The molecule has 0 N–H and O–H groups in total. The lowest BCUT2D eigenvalue weighted by Gasteiger charge is -2.24. The smallest absolute Gasteiger partial charge is 0.249 e. The summed E-state index contributed by atoms with van der Waals surface area (Å²) < 4.78 is 11.4. The number of benzene rings is 2. The predicted octanol–water partition coefficient (Wildman–Crippen LogP) is 5.39. The van der Waals surface area contributed by atoms with Crippen LogP contribution >= 0.6 is 23.2 Å². The standard InChI is InChI=1S/C20H19Cl2N3O2/c1-26-18-7-3-2-5-15(18)17-6-4-10-25(17)12-19-23-24-20(27-19)14-9-8-13(21)11-16(14)22/h2-3,5,7-9,11,17H,4,6,10,12H2,1H3. The molecule has 0 bridgehead atoms. The Labute approximate surface area is 167 Å². The average molecular weight is 404 g/mol. The highest BCUT2D eigenvalue weighted by Gasteiger charge is 2.29. The van der Waals surface area contributed by atoms with E-state index in [1.807, 2.05) is 18.2 Å². The molecule has 3 aromatic rings. The molecule has 1 atom stereocenters. The van der Waals surface area contributed by atoms with Crippen molar-refractivity contribution < 1.29 is 9.15 Å². The molecule has 0 spiro atoms. The fourth-order valence-corrected chi connectivity index (χ4v) is 4.06. The number of hydrogen-bond acceptors (Lipinski definition) is 5. The number of para-hydroxylation sites is 1. The molecule has 0 radical (unpaired) electrons. The number of methoxy groups -OCH3 is 1. The minimum Gasteiger partial charge on any atom is -0.496 e. The Hall–Kier alpha value is -2.08. The maximum absolute atomic E-state index is 6.24. The minimum absolute atomic E-state index is 0.274. The maximum atomic E-state index is 6.24. The molecule has 4 rings (SSSR count).